The zero-order valence-corrected chi connectivity index (χ0v) is 13.3. The van der Waals surface area contributed by atoms with E-state index >= 15 is 0 Å². The fourth-order valence-corrected chi connectivity index (χ4v) is 5.62. The summed E-state index contributed by atoms with van der Waals surface area (Å²) in [4.78, 5) is 22.5. The number of hydrogen-bond acceptors (Lipinski definition) is 7. The monoisotopic (exact) mass is 345 g/mol. The van der Waals surface area contributed by atoms with Crippen LogP contribution in [0.4, 0.5) is 0 Å². The Morgan fingerprint density at radius 2 is 2.13 bits per heavy atom. The fourth-order valence-electron chi connectivity index (χ4n) is 3.74. The van der Waals surface area contributed by atoms with Gasteiger partial charge in [0.15, 0.2) is 0 Å². The van der Waals surface area contributed by atoms with Gasteiger partial charge in [-0.1, -0.05) is 6.58 Å². The van der Waals surface area contributed by atoms with Gasteiger partial charge in [-0.05, 0) is 18.8 Å². The average molecular weight is 345 g/mol. The summed E-state index contributed by atoms with van der Waals surface area (Å²) in [6, 6.07) is 0. The van der Waals surface area contributed by atoms with Crippen LogP contribution in [-0.2, 0) is 33.4 Å². The van der Waals surface area contributed by atoms with E-state index in [1.807, 2.05) is 0 Å². The summed E-state index contributed by atoms with van der Waals surface area (Å²) < 4.78 is 39.1. The van der Waals surface area contributed by atoms with Gasteiger partial charge in [0.25, 0.3) is 10.1 Å². The minimum Gasteiger partial charge on any atom is -0.461 e. The van der Waals surface area contributed by atoms with Crippen LogP contribution in [0.25, 0.3) is 0 Å². The maximum atomic E-state index is 11.8. The van der Waals surface area contributed by atoms with Crippen molar-refractivity contribution in [2.24, 2.45) is 11.8 Å². The first kappa shape index (κ1) is 16.4. The summed E-state index contributed by atoms with van der Waals surface area (Å²) in [5.74, 6) is -0.767. The van der Waals surface area contributed by atoms with E-state index in [0.29, 0.717) is 6.42 Å². The summed E-state index contributed by atoms with van der Waals surface area (Å²) >= 11 is 0. The lowest BCUT2D eigenvalue weighted by Crippen LogP contribution is -2.39. The maximum Gasteiger partial charge on any atom is 0.330 e. The Morgan fingerprint density at radius 1 is 1.35 bits per heavy atom. The molecule has 2 aliphatic carbocycles. The van der Waals surface area contributed by atoms with Crippen molar-refractivity contribution in [3.05, 3.63) is 12.7 Å². The minimum absolute atomic E-state index is 0.00335. The van der Waals surface area contributed by atoms with Gasteiger partial charge >= 0.3 is 5.97 Å². The van der Waals surface area contributed by atoms with E-state index < -0.39 is 27.4 Å². The van der Waals surface area contributed by atoms with Gasteiger partial charge in [-0.2, -0.15) is 8.42 Å². The molecule has 1 amide bonds. The highest BCUT2D eigenvalue weighted by Crippen LogP contribution is 2.55. The van der Waals surface area contributed by atoms with Crippen LogP contribution in [-0.4, -0.2) is 57.5 Å². The van der Waals surface area contributed by atoms with E-state index in [9.17, 15) is 18.0 Å². The lowest BCUT2D eigenvalue weighted by atomic mass is 9.94. The van der Waals surface area contributed by atoms with E-state index in [4.69, 9.17) is 13.7 Å². The second-order valence-electron chi connectivity index (χ2n) is 5.98. The Hall–Kier alpha value is -1.45. The number of nitrogens with one attached hydrogen (secondary N) is 1. The molecule has 1 N–H and O–H groups in total. The first-order valence-corrected chi connectivity index (χ1v) is 8.99. The number of amides is 1. The molecule has 128 valence electrons. The van der Waals surface area contributed by atoms with Gasteiger partial charge in [0.2, 0.25) is 5.91 Å². The molecule has 23 heavy (non-hydrogen) atoms. The van der Waals surface area contributed by atoms with Crippen molar-refractivity contribution < 1.29 is 31.7 Å². The highest BCUT2D eigenvalue weighted by molar-refractivity contribution is 7.87. The smallest absolute Gasteiger partial charge is 0.330 e. The third-order valence-corrected chi connectivity index (χ3v) is 6.43. The fraction of sp³-hybridized carbons (Fsp3) is 0.714. The lowest BCUT2D eigenvalue weighted by Gasteiger charge is -2.24. The summed E-state index contributed by atoms with van der Waals surface area (Å²) in [5.41, 5.74) is 0. The van der Waals surface area contributed by atoms with Gasteiger partial charge in [0.05, 0.1) is 17.9 Å². The number of ether oxygens (including phenoxy) is 2. The molecular weight excluding hydrogens is 326 g/mol. The van der Waals surface area contributed by atoms with Crippen molar-refractivity contribution in [2.75, 3.05) is 19.8 Å². The average Bonchev–Trinajstić information content (AvgIpc) is 3.12. The summed E-state index contributed by atoms with van der Waals surface area (Å²) in [5, 5.41) is 2.16. The molecule has 0 aromatic rings. The lowest BCUT2D eigenvalue weighted by molar-refractivity contribution is -0.139. The standard InChI is InChI=1S/C14H19NO7S/c1-2-12(17)20-4-3-15-11(16)7-21-13-8-5-9-10(6-8)23(18,19)22-14(9)13/h2,8-10,13-14H,1,3-7H2,(H,15,16). The van der Waals surface area contributed by atoms with E-state index in [1.165, 1.54) is 0 Å². The van der Waals surface area contributed by atoms with Crippen molar-refractivity contribution in [3.63, 3.8) is 0 Å². The molecule has 1 aliphatic heterocycles. The minimum atomic E-state index is -3.47. The summed E-state index contributed by atoms with van der Waals surface area (Å²) in [6.45, 7) is 3.31. The molecular formula is C14H19NO7S. The molecule has 3 aliphatic rings. The SMILES string of the molecule is C=CC(=O)OCCNC(=O)COC1C2CC3C1OS(=O)(=O)C3C2. The van der Waals surface area contributed by atoms with Crippen LogP contribution in [0.3, 0.4) is 0 Å². The van der Waals surface area contributed by atoms with E-state index in [-0.39, 0.29) is 43.6 Å². The molecule has 9 heteroatoms. The van der Waals surface area contributed by atoms with Crippen molar-refractivity contribution >= 4 is 22.0 Å². The summed E-state index contributed by atoms with van der Waals surface area (Å²) in [7, 11) is -3.47. The Kier molecular flexibility index (Phi) is 4.43. The highest BCUT2D eigenvalue weighted by atomic mass is 32.2. The number of esters is 1. The van der Waals surface area contributed by atoms with Crippen LogP contribution in [0.15, 0.2) is 12.7 Å². The number of carbonyl (C=O) groups excluding carboxylic acids is 2. The molecule has 0 radical (unpaired) electrons. The Labute approximate surface area is 134 Å². The van der Waals surface area contributed by atoms with Crippen molar-refractivity contribution in [3.8, 4) is 0 Å². The van der Waals surface area contributed by atoms with Crippen LogP contribution in [0.1, 0.15) is 12.8 Å². The molecule has 3 rings (SSSR count). The van der Waals surface area contributed by atoms with Crippen LogP contribution in [0.5, 0.6) is 0 Å². The van der Waals surface area contributed by atoms with Crippen molar-refractivity contribution in [1.82, 2.24) is 5.32 Å². The molecule has 2 bridgehead atoms. The van der Waals surface area contributed by atoms with Crippen LogP contribution in [0.2, 0.25) is 0 Å². The van der Waals surface area contributed by atoms with Gasteiger partial charge in [-0.15, -0.1) is 0 Å². The highest BCUT2D eigenvalue weighted by Gasteiger charge is 2.64. The van der Waals surface area contributed by atoms with Crippen molar-refractivity contribution in [1.29, 1.82) is 0 Å². The molecule has 2 saturated carbocycles. The zero-order valence-electron chi connectivity index (χ0n) is 12.5. The number of hydrogen-bond donors (Lipinski definition) is 1. The van der Waals surface area contributed by atoms with Gasteiger partial charge in [-0.3, -0.25) is 8.98 Å². The molecule has 0 aromatic heterocycles. The normalized spacial score (nSPS) is 35.9. The summed E-state index contributed by atoms with van der Waals surface area (Å²) in [6.07, 6.45) is 1.57. The first-order valence-electron chi connectivity index (χ1n) is 7.52. The quantitative estimate of drug-likeness (QED) is 0.283. The van der Waals surface area contributed by atoms with Gasteiger partial charge in [0, 0.05) is 12.0 Å². The number of rotatable bonds is 7. The number of carbonyl (C=O) groups is 2. The van der Waals surface area contributed by atoms with Crippen LogP contribution < -0.4 is 5.32 Å². The molecule has 1 heterocycles. The second-order valence-corrected chi connectivity index (χ2v) is 7.77. The van der Waals surface area contributed by atoms with Gasteiger partial charge in [0.1, 0.15) is 19.3 Å². The predicted molar refractivity (Wildman–Crippen MR) is 77.7 cm³/mol. The van der Waals surface area contributed by atoms with Gasteiger partial charge in [-0.25, -0.2) is 4.79 Å². The molecule has 5 atom stereocenters. The van der Waals surface area contributed by atoms with Crippen LogP contribution in [0, 0.1) is 11.8 Å². The predicted octanol–water partition coefficient (Wildman–Crippen LogP) is -0.646. The molecule has 0 spiro atoms. The maximum absolute atomic E-state index is 11.8. The first-order chi connectivity index (χ1) is 10.9. The molecule has 8 nitrogen and oxygen atoms in total. The van der Waals surface area contributed by atoms with Crippen LogP contribution >= 0.6 is 0 Å². The number of fused-ring (bicyclic) bond motifs is 1. The van der Waals surface area contributed by atoms with Gasteiger partial charge < -0.3 is 14.8 Å². The molecule has 3 fully saturated rings. The second kappa shape index (κ2) is 6.21. The van der Waals surface area contributed by atoms with E-state index in [2.05, 4.69) is 11.9 Å². The molecule has 5 unspecified atom stereocenters. The largest absolute Gasteiger partial charge is 0.461 e. The molecule has 1 saturated heterocycles. The molecule has 0 aromatic carbocycles. The zero-order chi connectivity index (χ0) is 16.6. The third-order valence-electron chi connectivity index (χ3n) is 4.66. The topological polar surface area (TPSA) is 108 Å². The third kappa shape index (κ3) is 3.13. The van der Waals surface area contributed by atoms with Crippen molar-refractivity contribution in [2.45, 2.75) is 30.3 Å². The Bertz CT molecular complexity index is 617. The van der Waals surface area contributed by atoms with E-state index in [1.54, 1.807) is 0 Å². The Balaban J connectivity index is 1.41. The Morgan fingerprint density at radius 3 is 2.87 bits per heavy atom. The van der Waals surface area contributed by atoms with E-state index in [0.717, 1.165) is 12.5 Å².